The van der Waals surface area contributed by atoms with Crippen molar-refractivity contribution in [3.8, 4) is 17.0 Å². The molecule has 2 rings (SSSR count). The van der Waals surface area contributed by atoms with Crippen LogP contribution in [0.1, 0.15) is 63.4 Å². The highest BCUT2D eigenvalue weighted by Crippen LogP contribution is 2.33. The van der Waals surface area contributed by atoms with Crippen LogP contribution in [-0.4, -0.2) is 64.7 Å². The third-order valence-electron chi connectivity index (χ3n) is 6.26. The average molecular weight is 563 g/mol. The number of hydrogen-bond acceptors (Lipinski definition) is 8. The maximum atomic E-state index is 12.9. The molecule has 3 amide bonds. The van der Waals surface area contributed by atoms with E-state index in [-0.39, 0.29) is 18.3 Å². The van der Waals surface area contributed by atoms with Crippen LogP contribution < -0.4 is 20.7 Å². The molecule has 0 aliphatic heterocycles. The fraction of sp³-hybridized carbons (Fsp3) is 0.481. The van der Waals surface area contributed by atoms with Gasteiger partial charge in [-0.25, -0.2) is 20.0 Å². The van der Waals surface area contributed by atoms with Gasteiger partial charge in [0.25, 0.3) is 5.91 Å². The molecule has 0 saturated heterocycles. The van der Waals surface area contributed by atoms with Crippen molar-refractivity contribution in [1.29, 1.82) is 0 Å². The molecule has 1 aromatic carbocycles. The zero-order valence-electron chi connectivity index (χ0n) is 22.9. The fourth-order valence-electron chi connectivity index (χ4n) is 4.21. The molecule has 4 N–H and O–H groups in total. The van der Waals surface area contributed by atoms with E-state index in [0.717, 1.165) is 24.6 Å². The normalized spacial score (nSPS) is 13.2. The van der Waals surface area contributed by atoms with Gasteiger partial charge in [0.05, 0.1) is 39.1 Å². The monoisotopic (exact) mass is 562 g/mol. The van der Waals surface area contributed by atoms with Crippen LogP contribution in [0.15, 0.2) is 36.4 Å². The van der Waals surface area contributed by atoms with Crippen molar-refractivity contribution in [2.24, 2.45) is 5.92 Å². The standard InChI is InChI=1S/C27H39N4O7P/c1-5-8-9-11-22(25(6-2)31(35)18-32)26(33)28-17-29-27(34)24-13-10-12-23(30-24)19-14-20(37-7-3)16-21(15-19)39(4)38-36/h10,12-16,18,22,25,35-36H,5-9,11,17H2,1-4H3,(H,28,33)(H,29,34). The zero-order valence-corrected chi connectivity index (χ0v) is 23.8. The van der Waals surface area contributed by atoms with E-state index in [1.165, 1.54) is 0 Å². The van der Waals surface area contributed by atoms with E-state index < -0.39 is 26.0 Å². The Labute approximate surface area is 230 Å². The summed E-state index contributed by atoms with van der Waals surface area (Å²) in [6.45, 7) is 7.77. The number of amides is 3. The van der Waals surface area contributed by atoms with Gasteiger partial charge in [-0.3, -0.25) is 19.6 Å². The first-order valence-corrected chi connectivity index (χ1v) is 14.8. The molecule has 39 heavy (non-hydrogen) atoms. The number of ether oxygens (including phenoxy) is 1. The highest BCUT2D eigenvalue weighted by Gasteiger charge is 2.30. The quantitative estimate of drug-likeness (QED) is 0.0431. The van der Waals surface area contributed by atoms with Gasteiger partial charge < -0.3 is 15.4 Å². The predicted octanol–water partition coefficient (Wildman–Crippen LogP) is 3.92. The number of hydroxylamine groups is 2. The Morgan fingerprint density at radius 2 is 1.92 bits per heavy atom. The number of carbonyl (C=O) groups is 3. The molecule has 11 nitrogen and oxygen atoms in total. The van der Waals surface area contributed by atoms with Gasteiger partial charge in [0.15, 0.2) is 0 Å². The number of hydrogen-bond donors (Lipinski definition) is 4. The SMILES string of the molecule is CCCCCC(C(=O)NCNC(=O)c1cccc(-c2cc(OCC)cc(P(C)OO)c2)n1)C(CC)N(O)C=O. The summed E-state index contributed by atoms with van der Waals surface area (Å²) >= 11 is 0. The molecule has 214 valence electrons. The lowest BCUT2D eigenvalue weighted by Gasteiger charge is -2.29. The minimum Gasteiger partial charge on any atom is -0.494 e. The van der Waals surface area contributed by atoms with E-state index in [1.807, 2.05) is 19.9 Å². The maximum Gasteiger partial charge on any atom is 0.271 e. The number of nitrogens with one attached hydrogen (secondary N) is 2. The molecule has 0 radical (unpaired) electrons. The maximum absolute atomic E-state index is 12.9. The summed E-state index contributed by atoms with van der Waals surface area (Å²) in [5.74, 6) is -0.871. The van der Waals surface area contributed by atoms with Gasteiger partial charge in [-0.1, -0.05) is 39.2 Å². The molecular formula is C27H39N4O7P. The molecule has 0 spiro atoms. The third-order valence-corrected chi connectivity index (χ3v) is 7.49. The predicted molar refractivity (Wildman–Crippen MR) is 149 cm³/mol. The van der Waals surface area contributed by atoms with E-state index in [4.69, 9.17) is 9.99 Å². The Morgan fingerprint density at radius 1 is 1.15 bits per heavy atom. The minimum atomic E-state index is -1.27. The highest BCUT2D eigenvalue weighted by molar-refractivity contribution is 7.59. The van der Waals surface area contributed by atoms with Crippen LogP contribution in [0.4, 0.5) is 0 Å². The van der Waals surface area contributed by atoms with Crippen molar-refractivity contribution in [1.82, 2.24) is 20.7 Å². The molecule has 0 aliphatic rings. The molecule has 0 saturated carbocycles. The van der Waals surface area contributed by atoms with Crippen molar-refractivity contribution in [3.63, 3.8) is 0 Å². The Balaban J connectivity index is 2.13. The van der Waals surface area contributed by atoms with Crippen LogP contribution >= 0.6 is 8.15 Å². The molecule has 12 heteroatoms. The number of unbranched alkanes of at least 4 members (excludes halogenated alkanes) is 2. The number of pyridine rings is 1. The largest absolute Gasteiger partial charge is 0.494 e. The van der Waals surface area contributed by atoms with Crippen LogP contribution in [-0.2, 0) is 14.3 Å². The topological polar surface area (TPSA) is 150 Å². The fourth-order valence-corrected chi connectivity index (χ4v) is 4.94. The summed E-state index contributed by atoms with van der Waals surface area (Å²) in [7, 11) is -1.27. The lowest BCUT2D eigenvalue weighted by atomic mass is 9.90. The Morgan fingerprint density at radius 3 is 2.56 bits per heavy atom. The van der Waals surface area contributed by atoms with E-state index >= 15 is 0 Å². The van der Waals surface area contributed by atoms with Gasteiger partial charge in [0, 0.05) is 10.9 Å². The van der Waals surface area contributed by atoms with Crippen molar-refractivity contribution in [3.05, 3.63) is 42.1 Å². The first-order valence-electron chi connectivity index (χ1n) is 13.1. The number of carbonyl (C=O) groups excluding carboxylic acids is 3. The highest BCUT2D eigenvalue weighted by atomic mass is 31.1. The van der Waals surface area contributed by atoms with Crippen molar-refractivity contribution in [2.75, 3.05) is 19.9 Å². The van der Waals surface area contributed by atoms with Gasteiger partial charge in [-0.2, -0.15) is 0 Å². The second-order valence-corrected chi connectivity index (χ2v) is 10.6. The average Bonchev–Trinajstić information content (AvgIpc) is 2.96. The van der Waals surface area contributed by atoms with Crippen molar-refractivity contribution in [2.45, 2.75) is 58.9 Å². The molecular weight excluding hydrogens is 523 g/mol. The van der Waals surface area contributed by atoms with Crippen LogP contribution in [0.3, 0.4) is 0 Å². The van der Waals surface area contributed by atoms with Crippen molar-refractivity contribution >= 4 is 31.7 Å². The third kappa shape index (κ3) is 9.54. The lowest BCUT2D eigenvalue weighted by molar-refractivity contribution is -0.168. The number of nitrogens with zero attached hydrogens (tertiary/aromatic N) is 2. The van der Waals surface area contributed by atoms with E-state index in [9.17, 15) is 19.6 Å². The molecule has 0 aliphatic carbocycles. The molecule has 3 unspecified atom stereocenters. The molecule has 0 bridgehead atoms. The number of rotatable bonds is 17. The summed E-state index contributed by atoms with van der Waals surface area (Å²) in [6, 6.07) is 9.76. The van der Waals surface area contributed by atoms with Gasteiger partial charge in [-0.05, 0) is 56.8 Å². The van der Waals surface area contributed by atoms with Crippen molar-refractivity contribution < 1.29 is 34.3 Å². The van der Waals surface area contributed by atoms with Gasteiger partial charge >= 0.3 is 0 Å². The Kier molecular flexibility index (Phi) is 13.8. The lowest BCUT2D eigenvalue weighted by Crippen LogP contribution is -2.47. The van der Waals surface area contributed by atoms with E-state index in [0.29, 0.717) is 47.9 Å². The Bertz CT molecular complexity index is 1090. The van der Waals surface area contributed by atoms with Gasteiger partial charge in [0.2, 0.25) is 12.3 Å². The summed E-state index contributed by atoms with van der Waals surface area (Å²) in [4.78, 5) is 41.4. The van der Waals surface area contributed by atoms with Gasteiger partial charge in [-0.15, -0.1) is 0 Å². The molecule has 0 fully saturated rings. The van der Waals surface area contributed by atoms with E-state index in [1.54, 1.807) is 43.9 Å². The summed E-state index contributed by atoms with van der Waals surface area (Å²) in [5.41, 5.74) is 1.36. The number of aromatic nitrogens is 1. The second-order valence-electron chi connectivity index (χ2n) is 8.92. The molecule has 3 atom stereocenters. The van der Waals surface area contributed by atoms with Crippen LogP contribution in [0.5, 0.6) is 5.75 Å². The zero-order chi connectivity index (χ0) is 28.8. The summed E-state index contributed by atoms with van der Waals surface area (Å²) in [6.07, 6.45) is 3.88. The molecule has 1 aromatic heterocycles. The van der Waals surface area contributed by atoms with Gasteiger partial charge in [0.1, 0.15) is 11.4 Å². The minimum absolute atomic E-state index is 0.144. The molecule has 1 heterocycles. The number of benzene rings is 1. The first kappa shape index (κ1) is 32.1. The molecule has 2 aromatic rings. The van der Waals surface area contributed by atoms with E-state index in [2.05, 4.69) is 20.3 Å². The van der Waals surface area contributed by atoms with Crippen LogP contribution in [0.2, 0.25) is 0 Å². The van der Waals surface area contributed by atoms with Crippen LogP contribution in [0.25, 0.3) is 11.3 Å². The summed E-state index contributed by atoms with van der Waals surface area (Å²) in [5, 5.41) is 25.7. The smallest absolute Gasteiger partial charge is 0.271 e. The second kappa shape index (κ2) is 16.8. The Hall–Kier alpha value is -3.11. The first-order chi connectivity index (χ1) is 18.8. The summed E-state index contributed by atoms with van der Waals surface area (Å²) < 4.78 is 10.2. The van der Waals surface area contributed by atoms with Crippen LogP contribution in [0, 0.1) is 5.92 Å².